The van der Waals surface area contributed by atoms with Crippen LogP contribution >= 0.6 is 11.6 Å². The zero-order valence-corrected chi connectivity index (χ0v) is 12.7. The molecule has 0 aliphatic heterocycles. The largest absolute Gasteiger partial charge is 0.548 e. The molecule has 21 heavy (non-hydrogen) atoms. The van der Waals surface area contributed by atoms with Gasteiger partial charge in [0.2, 0.25) is 0 Å². The molecule has 0 aromatic heterocycles. The van der Waals surface area contributed by atoms with Crippen LogP contribution in [-0.4, -0.2) is 28.8 Å². The third-order valence-electron chi connectivity index (χ3n) is 2.45. The molecule has 0 unspecified atom stereocenters. The van der Waals surface area contributed by atoms with E-state index in [0.29, 0.717) is 5.02 Å². The Morgan fingerprint density at radius 1 is 1.29 bits per heavy atom. The topological polar surface area (TPSA) is 98.7 Å². The summed E-state index contributed by atoms with van der Waals surface area (Å²) in [5, 5.41) is 23.7. The number of halogens is 1. The highest BCUT2D eigenvalue weighted by Gasteiger charge is 2.26. The van der Waals surface area contributed by atoms with E-state index in [1.165, 1.54) is 24.3 Å². The van der Waals surface area contributed by atoms with Crippen molar-refractivity contribution in [1.82, 2.24) is 5.32 Å². The van der Waals surface area contributed by atoms with E-state index in [9.17, 15) is 19.8 Å². The molecule has 0 saturated heterocycles. The molecule has 0 aliphatic carbocycles. The summed E-state index contributed by atoms with van der Waals surface area (Å²) in [6.07, 6.45) is -2.44. The van der Waals surface area contributed by atoms with Crippen molar-refractivity contribution in [1.29, 1.82) is 0 Å². The maximum atomic E-state index is 11.6. The number of aliphatic hydroxyl groups is 1. The fourth-order valence-corrected chi connectivity index (χ4v) is 1.68. The van der Waals surface area contributed by atoms with E-state index < -0.39 is 29.8 Å². The number of hydrogen-bond acceptors (Lipinski definition) is 5. The fraction of sp³-hybridized carbons (Fsp3) is 0.429. The van der Waals surface area contributed by atoms with Crippen LogP contribution in [0.15, 0.2) is 24.3 Å². The van der Waals surface area contributed by atoms with Gasteiger partial charge in [-0.05, 0) is 38.5 Å². The minimum atomic E-state index is -1.64. The number of hydrogen-bond donors (Lipinski definition) is 2. The first-order chi connectivity index (χ1) is 9.60. The summed E-state index contributed by atoms with van der Waals surface area (Å²) in [5.41, 5.74) is -0.504. The maximum absolute atomic E-state index is 11.6. The van der Waals surface area contributed by atoms with Gasteiger partial charge >= 0.3 is 6.09 Å². The summed E-state index contributed by atoms with van der Waals surface area (Å²) in [7, 11) is 0. The minimum absolute atomic E-state index is 0.282. The van der Waals surface area contributed by atoms with Crippen LogP contribution in [0.2, 0.25) is 5.02 Å². The lowest BCUT2D eigenvalue weighted by Gasteiger charge is -2.27. The molecule has 1 aromatic rings. The van der Waals surface area contributed by atoms with Gasteiger partial charge in [-0.25, -0.2) is 4.79 Å². The predicted octanol–water partition coefficient (Wildman–Crippen LogP) is 1.02. The Kier molecular flexibility index (Phi) is 5.57. The first kappa shape index (κ1) is 17.3. The molecular weight excluding hydrogens is 298 g/mol. The smallest absolute Gasteiger partial charge is 0.408 e. The summed E-state index contributed by atoms with van der Waals surface area (Å²) >= 11 is 5.72. The Labute approximate surface area is 127 Å². The number of amides is 1. The molecule has 1 aromatic carbocycles. The molecule has 0 bridgehead atoms. The van der Waals surface area contributed by atoms with Crippen molar-refractivity contribution in [2.75, 3.05) is 0 Å². The number of carboxylic acid groups (broad SMARTS) is 1. The second-order valence-electron chi connectivity index (χ2n) is 5.44. The predicted molar refractivity (Wildman–Crippen MR) is 74.6 cm³/mol. The van der Waals surface area contributed by atoms with E-state index in [1.54, 1.807) is 20.8 Å². The van der Waals surface area contributed by atoms with Gasteiger partial charge in [0.25, 0.3) is 0 Å². The highest BCUT2D eigenvalue weighted by atomic mass is 35.5. The van der Waals surface area contributed by atoms with Crippen LogP contribution in [0.1, 0.15) is 32.4 Å². The number of aliphatic hydroxyl groups excluding tert-OH is 1. The van der Waals surface area contributed by atoms with E-state index in [-0.39, 0.29) is 5.56 Å². The fourth-order valence-electron chi connectivity index (χ4n) is 1.55. The normalized spacial score (nSPS) is 14.1. The number of benzene rings is 1. The second kappa shape index (κ2) is 6.78. The van der Waals surface area contributed by atoms with Crippen molar-refractivity contribution in [3.63, 3.8) is 0 Å². The Morgan fingerprint density at radius 3 is 2.24 bits per heavy atom. The molecule has 0 heterocycles. The molecule has 2 N–H and O–H groups in total. The van der Waals surface area contributed by atoms with Crippen molar-refractivity contribution in [2.24, 2.45) is 0 Å². The standard InChI is InChI=1S/C14H18ClNO5/c1-14(2,3)21-13(20)16-10(12(18)19)11(17)8-4-6-9(15)7-5-8/h4-7,10-11,17H,1-3H3,(H,16,20)(H,18,19)/p-1/t10-,11-/m1/s1. The molecule has 0 saturated carbocycles. The highest BCUT2D eigenvalue weighted by Crippen LogP contribution is 2.19. The minimum Gasteiger partial charge on any atom is -0.548 e. The number of carbonyl (C=O) groups is 2. The van der Waals surface area contributed by atoms with Gasteiger partial charge in [-0.2, -0.15) is 0 Å². The second-order valence-corrected chi connectivity index (χ2v) is 5.88. The molecule has 1 rings (SSSR count). The first-order valence-corrected chi connectivity index (χ1v) is 6.62. The van der Waals surface area contributed by atoms with Gasteiger partial charge in [0.05, 0.1) is 5.97 Å². The number of carbonyl (C=O) groups excluding carboxylic acids is 2. The lowest BCUT2D eigenvalue weighted by molar-refractivity contribution is -0.310. The van der Waals surface area contributed by atoms with E-state index in [1.807, 2.05) is 0 Å². The van der Waals surface area contributed by atoms with Crippen molar-refractivity contribution in [2.45, 2.75) is 38.5 Å². The van der Waals surface area contributed by atoms with Gasteiger partial charge in [-0.3, -0.25) is 0 Å². The average Bonchev–Trinajstić information content (AvgIpc) is 2.33. The van der Waals surface area contributed by atoms with Gasteiger partial charge in [-0.1, -0.05) is 23.7 Å². The number of alkyl carbamates (subject to hydrolysis) is 1. The summed E-state index contributed by atoms with van der Waals surface area (Å²) in [6.45, 7) is 4.91. The number of aliphatic carboxylic acids is 1. The van der Waals surface area contributed by atoms with Crippen LogP contribution in [0.3, 0.4) is 0 Å². The highest BCUT2D eigenvalue weighted by molar-refractivity contribution is 6.30. The molecule has 0 spiro atoms. The van der Waals surface area contributed by atoms with Crippen LogP contribution in [0.25, 0.3) is 0 Å². The van der Waals surface area contributed by atoms with E-state index in [4.69, 9.17) is 16.3 Å². The third kappa shape index (κ3) is 5.61. The van der Waals surface area contributed by atoms with Gasteiger partial charge in [0, 0.05) is 5.02 Å². The van der Waals surface area contributed by atoms with Crippen LogP contribution < -0.4 is 10.4 Å². The Morgan fingerprint density at radius 2 is 1.81 bits per heavy atom. The monoisotopic (exact) mass is 314 g/mol. The Bertz CT molecular complexity index is 509. The molecule has 0 fully saturated rings. The van der Waals surface area contributed by atoms with Gasteiger partial charge in [0.15, 0.2) is 0 Å². The van der Waals surface area contributed by atoms with Crippen molar-refractivity contribution >= 4 is 23.7 Å². The van der Waals surface area contributed by atoms with Crippen LogP contribution in [0, 0.1) is 0 Å². The lowest BCUT2D eigenvalue weighted by Crippen LogP contribution is -2.52. The molecule has 1 amide bonds. The SMILES string of the molecule is CC(C)(C)OC(=O)N[C@@H](C(=O)[O-])[C@H](O)c1ccc(Cl)cc1. The van der Waals surface area contributed by atoms with Crippen LogP contribution in [0.5, 0.6) is 0 Å². The molecule has 7 heteroatoms. The van der Waals surface area contributed by atoms with Crippen LogP contribution in [-0.2, 0) is 9.53 Å². The van der Waals surface area contributed by atoms with Gasteiger partial charge in [-0.15, -0.1) is 0 Å². The lowest BCUT2D eigenvalue weighted by atomic mass is 10.0. The summed E-state index contributed by atoms with van der Waals surface area (Å²) < 4.78 is 4.95. The van der Waals surface area contributed by atoms with Crippen molar-refractivity contribution in [3.05, 3.63) is 34.9 Å². The van der Waals surface area contributed by atoms with E-state index in [2.05, 4.69) is 5.32 Å². The van der Waals surface area contributed by atoms with E-state index in [0.717, 1.165) is 0 Å². The Hall–Kier alpha value is -1.79. The number of ether oxygens (including phenoxy) is 1. The molecule has 116 valence electrons. The number of carboxylic acids is 1. The maximum Gasteiger partial charge on any atom is 0.408 e. The summed E-state index contributed by atoms with van der Waals surface area (Å²) in [6, 6.07) is 4.28. The molecule has 6 nitrogen and oxygen atoms in total. The number of rotatable bonds is 4. The number of nitrogens with one attached hydrogen (secondary N) is 1. The van der Waals surface area contributed by atoms with Crippen LogP contribution in [0.4, 0.5) is 4.79 Å². The zero-order chi connectivity index (χ0) is 16.2. The molecule has 0 radical (unpaired) electrons. The van der Waals surface area contributed by atoms with Crippen molar-refractivity contribution < 1.29 is 24.5 Å². The Balaban J connectivity index is 2.84. The third-order valence-corrected chi connectivity index (χ3v) is 2.71. The average molecular weight is 315 g/mol. The first-order valence-electron chi connectivity index (χ1n) is 6.24. The van der Waals surface area contributed by atoms with E-state index >= 15 is 0 Å². The molecule has 2 atom stereocenters. The molecular formula is C14H17ClNO5-. The van der Waals surface area contributed by atoms with Crippen molar-refractivity contribution in [3.8, 4) is 0 Å². The quantitative estimate of drug-likeness (QED) is 0.864. The van der Waals surface area contributed by atoms with Gasteiger partial charge < -0.3 is 25.1 Å². The molecule has 0 aliphatic rings. The zero-order valence-electron chi connectivity index (χ0n) is 11.9. The summed E-state index contributed by atoms with van der Waals surface area (Å²) in [5.74, 6) is -1.62. The van der Waals surface area contributed by atoms with Gasteiger partial charge in [0.1, 0.15) is 17.7 Å². The summed E-state index contributed by atoms with van der Waals surface area (Å²) in [4.78, 5) is 22.7.